The number of carbonyl (C=O) groups excluding carboxylic acids is 1. The van der Waals surface area contributed by atoms with Crippen LogP contribution < -0.4 is 0 Å². The highest BCUT2D eigenvalue weighted by Crippen LogP contribution is 2.36. The van der Waals surface area contributed by atoms with Crippen molar-refractivity contribution >= 4 is 14.3 Å². The highest BCUT2D eigenvalue weighted by molar-refractivity contribution is 7.53. The molecule has 0 N–H and O–H groups in total. The Balaban J connectivity index is 3.96. The molecular formula is C7H10NO3P. The number of nitrogens with zero attached hydrogens (tertiary/aromatic N) is 1. The molecule has 4 nitrogen and oxygen atoms in total. The molecule has 0 spiro atoms. The molecule has 0 heterocycles. The molecule has 0 aliphatic rings. The standard InChI is InChI=1S/C7H10NO3P/c1-4-10-12(5-8)11-7(9)6(2)3/h2,4H2,1,3H3. The predicted octanol–water partition coefficient (Wildman–Crippen LogP) is 1.94. The smallest absolute Gasteiger partial charge is 0.347 e. The van der Waals surface area contributed by atoms with Crippen molar-refractivity contribution in [2.45, 2.75) is 13.8 Å². The Morgan fingerprint density at radius 1 is 1.75 bits per heavy atom. The summed E-state index contributed by atoms with van der Waals surface area (Å²) in [6, 6.07) is 0. The molecule has 0 aliphatic carbocycles. The van der Waals surface area contributed by atoms with Gasteiger partial charge in [-0.25, -0.2) is 4.79 Å². The summed E-state index contributed by atoms with van der Waals surface area (Å²) in [6.45, 7) is 6.96. The summed E-state index contributed by atoms with van der Waals surface area (Å²) in [5.74, 6) is 1.16. The molecule has 5 heteroatoms. The van der Waals surface area contributed by atoms with Crippen LogP contribution in [0, 0.1) is 11.1 Å². The molecule has 1 unspecified atom stereocenters. The normalized spacial score (nSPS) is 11.4. The van der Waals surface area contributed by atoms with Gasteiger partial charge in [0.1, 0.15) is 0 Å². The molecule has 0 aromatic carbocycles. The van der Waals surface area contributed by atoms with Crippen molar-refractivity contribution in [3.8, 4) is 5.81 Å². The number of hydrogen-bond acceptors (Lipinski definition) is 4. The van der Waals surface area contributed by atoms with Crippen molar-refractivity contribution in [2.75, 3.05) is 6.61 Å². The van der Waals surface area contributed by atoms with Crippen LogP contribution in [-0.2, 0) is 13.8 Å². The Morgan fingerprint density at radius 3 is 2.67 bits per heavy atom. The zero-order valence-corrected chi connectivity index (χ0v) is 7.93. The minimum absolute atomic E-state index is 0.262. The summed E-state index contributed by atoms with van der Waals surface area (Å²) >= 11 is 0. The molecule has 66 valence electrons. The van der Waals surface area contributed by atoms with Crippen molar-refractivity contribution < 1.29 is 13.8 Å². The molecule has 0 aliphatic heterocycles. The molecule has 0 radical (unpaired) electrons. The van der Waals surface area contributed by atoms with Gasteiger partial charge in [-0.3, -0.25) is 0 Å². The number of hydrogen-bond donors (Lipinski definition) is 0. The van der Waals surface area contributed by atoms with Gasteiger partial charge in [0.15, 0.2) is 5.81 Å². The number of rotatable bonds is 4. The monoisotopic (exact) mass is 187 g/mol. The van der Waals surface area contributed by atoms with Crippen LogP contribution in [0.1, 0.15) is 13.8 Å². The van der Waals surface area contributed by atoms with Gasteiger partial charge in [-0.05, 0) is 13.8 Å². The Hall–Kier alpha value is -0.910. The van der Waals surface area contributed by atoms with E-state index in [9.17, 15) is 4.79 Å². The average Bonchev–Trinajstić information content (AvgIpc) is 2.03. The van der Waals surface area contributed by atoms with Crippen LogP contribution >= 0.6 is 8.38 Å². The van der Waals surface area contributed by atoms with E-state index in [2.05, 4.69) is 11.1 Å². The first-order valence-corrected chi connectivity index (χ1v) is 4.50. The van der Waals surface area contributed by atoms with E-state index in [0.717, 1.165) is 0 Å². The van der Waals surface area contributed by atoms with Gasteiger partial charge in [-0.15, -0.1) is 0 Å². The predicted molar refractivity (Wildman–Crippen MR) is 45.1 cm³/mol. The first kappa shape index (κ1) is 11.1. The molecule has 0 saturated heterocycles. The lowest BCUT2D eigenvalue weighted by Crippen LogP contribution is -2.01. The summed E-state index contributed by atoms with van der Waals surface area (Å²) in [7, 11) is -1.74. The van der Waals surface area contributed by atoms with E-state index in [0.29, 0.717) is 6.61 Å². The molecule has 1 atom stereocenters. The van der Waals surface area contributed by atoms with Crippen LogP contribution in [0.5, 0.6) is 0 Å². The van der Waals surface area contributed by atoms with Gasteiger partial charge in [0.05, 0.1) is 6.61 Å². The van der Waals surface area contributed by atoms with Crippen LogP contribution in [0.15, 0.2) is 12.2 Å². The second-order valence-electron chi connectivity index (χ2n) is 1.93. The van der Waals surface area contributed by atoms with E-state index < -0.39 is 14.3 Å². The maximum atomic E-state index is 10.9. The minimum Gasteiger partial charge on any atom is -0.401 e. The van der Waals surface area contributed by atoms with Crippen LogP contribution in [-0.4, -0.2) is 12.6 Å². The maximum Gasteiger partial charge on any atom is 0.347 e. The highest BCUT2D eigenvalue weighted by atomic mass is 31.2. The summed E-state index contributed by atoms with van der Waals surface area (Å²) < 4.78 is 9.48. The molecule has 0 aromatic heterocycles. The van der Waals surface area contributed by atoms with Gasteiger partial charge in [0.25, 0.3) is 0 Å². The Labute approximate surface area is 72.7 Å². The zero-order valence-electron chi connectivity index (χ0n) is 7.03. The third-order valence-electron chi connectivity index (χ3n) is 0.842. The van der Waals surface area contributed by atoms with E-state index in [1.165, 1.54) is 6.92 Å². The fraction of sp³-hybridized carbons (Fsp3) is 0.429. The van der Waals surface area contributed by atoms with Gasteiger partial charge < -0.3 is 9.05 Å². The van der Waals surface area contributed by atoms with Crippen molar-refractivity contribution in [3.63, 3.8) is 0 Å². The molecule has 0 amide bonds. The summed E-state index contributed by atoms with van der Waals surface area (Å²) in [5.41, 5.74) is 0.262. The lowest BCUT2D eigenvalue weighted by atomic mass is 10.4. The van der Waals surface area contributed by atoms with Crippen molar-refractivity contribution in [1.29, 1.82) is 5.26 Å². The maximum absolute atomic E-state index is 10.9. The van der Waals surface area contributed by atoms with E-state index >= 15 is 0 Å². The molecular weight excluding hydrogens is 177 g/mol. The lowest BCUT2D eigenvalue weighted by Gasteiger charge is -2.07. The zero-order chi connectivity index (χ0) is 9.56. The lowest BCUT2D eigenvalue weighted by molar-refractivity contribution is -0.129. The minimum atomic E-state index is -1.74. The van der Waals surface area contributed by atoms with Gasteiger partial charge in [0.2, 0.25) is 0 Å². The van der Waals surface area contributed by atoms with Crippen LogP contribution in [0.25, 0.3) is 0 Å². The average molecular weight is 187 g/mol. The fourth-order valence-electron chi connectivity index (χ4n) is 0.346. The Kier molecular flexibility index (Phi) is 5.27. The second kappa shape index (κ2) is 5.70. The molecule has 0 bridgehead atoms. The topological polar surface area (TPSA) is 59.3 Å². The molecule has 12 heavy (non-hydrogen) atoms. The third-order valence-corrected chi connectivity index (χ3v) is 1.83. The first-order valence-electron chi connectivity index (χ1n) is 3.32. The van der Waals surface area contributed by atoms with Crippen LogP contribution in [0.2, 0.25) is 0 Å². The van der Waals surface area contributed by atoms with Gasteiger partial charge >= 0.3 is 14.3 Å². The Bertz CT molecular complexity index is 221. The van der Waals surface area contributed by atoms with Crippen molar-refractivity contribution in [3.05, 3.63) is 12.2 Å². The fourth-order valence-corrected chi connectivity index (χ4v) is 1.04. The summed E-state index contributed by atoms with van der Waals surface area (Å²) in [6.07, 6.45) is 0. The number of carbonyl (C=O) groups is 1. The van der Waals surface area contributed by atoms with E-state index in [-0.39, 0.29) is 5.57 Å². The third kappa shape index (κ3) is 4.07. The van der Waals surface area contributed by atoms with Crippen LogP contribution in [0.3, 0.4) is 0 Å². The van der Waals surface area contributed by atoms with Gasteiger partial charge in [-0.1, -0.05) is 6.58 Å². The molecule has 0 aromatic rings. The molecule has 0 saturated carbocycles. The quantitative estimate of drug-likeness (QED) is 0.498. The summed E-state index contributed by atoms with van der Waals surface area (Å²) in [5, 5.41) is 8.43. The van der Waals surface area contributed by atoms with Gasteiger partial charge in [-0.2, -0.15) is 5.26 Å². The van der Waals surface area contributed by atoms with Crippen molar-refractivity contribution in [1.82, 2.24) is 0 Å². The van der Waals surface area contributed by atoms with E-state index in [1.807, 2.05) is 0 Å². The SMILES string of the molecule is C=C(C)C(=O)OP(C#N)OCC. The van der Waals surface area contributed by atoms with Gasteiger partial charge in [0, 0.05) is 5.57 Å². The number of nitriles is 1. The van der Waals surface area contributed by atoms with E-state index in [4.69, 9.17) is 9.79 Å². The first-order chi connectivity index (χ1) is 5.61. The van der Waals surface area contributed by atoms with Crippen molar-refractivity contribution in [2.24, 2.45) is 0 Å². The van der Waals surface area contributed by atoms with E-state index in [1.54, 1.807) is 12.7 Å². The molecule has 0 fully saturated rings. The van der Waals surface area contributed by atoms with Crippen LogP contribution in [0.4, 0.5) is 0 Å². The summed E-state index contributed by atoms with van der Waals surface area (Å²) in [4.78, 5) is 10.9. The molecule has 0 rings (SSSR count). The highest BCUT2D eigenvalue weighted by Gasteiger charge is 2.15. The largest absolute Gasteiger partial charge is 0.401 e. The Morgan fingerprint density at radius 2 is 2.33 bits per heavy atom. The second-order valence-corrected chi connectivity index (χ2v) is 3.09.